The molecule has 0 spiro atoms. The average molecular weight is 421 g/mol. The molecule has 29 heavy (non-hydrogen) atoms. The number of nitrogens with two attached hydrogens (primary N) is 1. The lowest BCUT2D eigenvalue weighted by atomic mass is 10.1. The number of likely N-dealkylation sites (N-methyl/N-ethyl adjacent to an activating group) is 1. The van der Waals surface area contributed by atoms with Gasteiger partial charge >= 0.3 is 5.97 Å². The van der Waals surface area contributed by atoms with E-state index in [9.17, 15) is 4.79 Å². The predicted octanol–water partition coefficient (Wildman–Crippen LogP) is 3.08. The van der Waals surface area contributed by atoms with Crippen LogP contribution in [0.25, 0.3) is 10.2 Å². The van der Waals surface area contributed by atoms with Gasteiger partial charge in [-0.3, -0.25) is 4.90 Å². The smallest absolute Gasteiger partial charge is 0.351 e. The highest BCUT2D eigenvalue weighted by Crippen LogP contribution is 2.40. The first-order valence-corrected chi connectivity index (χ1v) is 10.8. The maximum Gasteiger partial charge on any atom is 0.351 e. The molecule has 0 unspecified atom stereocenters. The van der Waals surface area contributed by atoms with E-state index in [0.717, 1.165) is 59.9 Å². The number of fused-ring (bicyclic) bond motifs is 1. The van der Waals surface area contributed by atoms with Crippen molar-refractivity contribution in [3.63, 3.8) is 0 Å². The molecule has 3 rings (SSSR count). The average Bonchev–Trinajstić information content (AvgIpc) is 2.94. The molecule has 0 saturated carbocycles. The Hall–Kier alpha value is -1.90. The highest BCUT2D eigenvalue weighted by Gasteiger charge is 2.26. The van der Waals surface area contributed by atoms with Gasteiger partial charge in [-0.2, -0.15) is 0 Å². The summed E-state index contributed by atoms with van der Waals surface area (Å²) in [6.45, 7) is 15.2. The van der Waals surface area contributed by atoms with Crippen molar-refractivity contribution in [3.05, 3.63) is 16.1 Å². The zero-order chi connectivity index (χ0) is 21.3. The third-order valence-electron chi connectivity index (χ3n) is 5.07. The number of thiophene rings is 1. The number of esters is 1. The van der Waals surface area contributed by atoms with E-state index in [1.165, 1.54) is 11.3 Å². The molecule has 3 heterocycles. The van der Waals surface area contributed by atoms with Crippen LogP contribution in [0.3, 0.4) is 0 Å². The van der Waals surface area contributed by atoms with E-state index in [1.807, 2.05) is 34.6 Å². The van der Waals surface area contributed by atoms with Crippen LogP contribution in [-0.2, 0) is 4.74 Å². The highest BCUT2D eigenvalue weighted by molar-refractivity contribution is 7.21. The van der Waals surface area contributed by atoms with Crippen molar-refractivity contribution < 1.29 is 14.3 Å². The van der Waals surface area contributed by atoms with Gasteiger partial charge in [-0.1, -0.05) is 0 Å². The third kappa shape index (κ3) is 4.99. The Morgan fingerprint density at radius 3 is 2.48 bits per heavy atom. The summed E-state index contributed by atoms with van der Waals surface area (Å²) in [4.78, 5) is 23.1. The first-order chi connectivity index (χ1) is 13.6. The van der Waals surface area contributed by atoms with Crippen molar-refractivity contribution in [2.75, 3.05) is 52.1 Å². The van der Waals surface area contributed by atoms with E-state index in [2.05, 4.69) is 21.8 Å². The zero-order valence-electron chi connectivity index (χ0n) is 18.3. The van der Waals surface area contributed by atoms with E-state index < -0.39 is 11.6 Å². The van der Waals surface area contributed by atoms with Gasteiger partial charge in [0.1, 0.15) is 27.7 Å². The highest BCUT2D eigenvalue weighted by atomic mass is 32.1. The Kier molecular flexibility index (Phi) is 6.36. The summed E-state index contributed by atoms with van der Waals surface area (Å²) in [5.74, 6) is 0.347. The summed E-state index contributed by atoms with van der Waals surface area (Å²) in [5, 5.41) is 0.788. The fourth-order valence-electron chi connectivity index (χ4n) is 3.50. The van der Waals surface area contributed by atoms with Gasteiger partial charge in [0.2, 0.25) is 0 Å². The Morgan fingerprint density at radius 2 is 1.86 bits per heavy atom. The van der Waals surface area contributed by atoms with Crippen LogP contribution < -0.4 is 10.5 Å². The van der Waals surface area contributed by atoms with Gasteiger partial charge in [0, 0.05) is 43.7 Å². The second-order valence-corrected chi connectivity index (χ2v) is 9.67. The van der Waals surface area contributed by atoms with Crippen LogP contribution >= 0.6 is 11.3 Å². The maximum atomic E-state index is 12.5. The van der Waals surface area contributed by atoms with E-state index >= 15 is 0 Å². The predicted molar refractivity (Wildman–Crippen MR) is 118 cm³/mol. The molecule has 8 heteroatoms. The Labute approximate surface area is 176 Å². The molecular formula is C21H32N4O3S. The first-order valence-electron chi connectivity index (χ1n) is 10.0. The SMILES string of the molecule is Cc1nc2sc(C(=O)OC(C)(C)C)c(N)c2c(C)c1OCCN1CCN(C)CC1. The quantitative estimate of drug-likeness (QED) is 0.745. The van der Waals surface area contributed by atoms with Gasteiger partial charge < -0.3 is 20.1 Å². The van der Waals surface area contributed by atoms with Crippen LogP contribution in [0.15, 0.2) is 0 Å². The molecule has 0 atom stereocenters. The largest absolute Gasteiger partial charge is 0.490 e. The molecule has 0 aliphatic carbocycles. The number of pyridine rings is 1. The number of anilines is 1. The minimum absolute atomic E-state index is 0.402. The van der Waals surface area contributed by atoms with Crippen molar-refractivity contribution in [2.24, 2.45) is 0 Å². The number of piperazine rings is 1. The summed E-state index contributed by atoms with van der Waals surface area (Å²) >= 11 is 1.28. The maximum absolute atomic E-state index is 12.5. The van der Waals surface area contributed by atoms with E-state index in [0.29, 0.717) is 17.2 Å². The number of hydrogen-bond acceptors (Lipinski definition) is 8. The summed E-state index contributed by atoms with van der Waals surface area (Å²) < 4.78 is 11.6. The second-order valence-electron chi connectivity index (χ2n) is 8.67. The summed E-state index contributed by atoms with van der Waals surface area (Å²) in [6, 6.07) is 0. The van der Waals surface area contributed by atoms with E-state index in [1.54, 1.807) is 0 Å². The number of ether oxygens (including phenoxy) is 2. The molecule has 2 aromatic rings. The minimum Gasteiger partial charge on any atom is -0.490 e. The molecule has 1 aliphatic rings. The van der Waals surface area contributed by atoms with Crippen molar-refractivity contribution in [2.45, 2.75) is 40.2 Å². The van der Waals surface area contributed by atoms with Crippen molar-refractivity contribution in [1.82, 2.24) is 14.8 Å². The molecule has 1 aliphatic heterocycles. The molecule has 2 aromatic heterocycles. The Morgan fingerprint density at radius 1 is 1.21 bits per heavy atom. The van der Waals surface area contributed by atoms with E-state index in [-0.39, 0.29) is 0 Å². The van der Waals surface area contributed by atoms with Crippen molar-refractivity contribution in [1.29, 1.82) is 0 Å². The number of carbonyl (C=O) groups excluding carboxylic acids is 1. The lowest BCUT2D eigenvalue weighted by molar-refractivity contribution is 0.00764. The normalized spacial score (nSPS) is 16.3. The minimum atomic E-state index is -0.574. The third-order valence-corrected chi connectivity index (χ3v) is 6.15. The van der Waals surface area contributed by atoms with Gasteiger partial charge in [0.15, 0.2) is 0 Å². The molecule has 7 nitrogen and oxygen atoms in total. The fraction of sp³-hybridized carbons (Fsp3) is 0.619. The number of hydrogen-bond donors (Lipinski definition) is 1. The summed E-state index contributed by atoms with van der Waals surface area (Å²) in [5.41, 5.74) is 7.92. The lowest BCUT2D eigenvalue weighted by Gasteiger charge is -2.32. The van der Waals surface area contributed by atoms with Gasteiger partial charge in [-0.25, -0.2) is 9.78 Å². The fourth-order valence-corrected chi connectivity index (χ4v) is 4.58. The molecule has 1 fully saturated rings. The standard InChI is InChI=1S/C21H32N4O3S/c1-13-15-16(22)18(20(26)28-21(3,4)5)29-19(15)23-14(2)17(13)27-12-11-25-9-7-24(6)8-10-25/h7-12,22H2,1-6H3. The summed E-state index contributed by atoms with van der Waals surface area (Å²) in [6.07, 6.45) is 0. The molecule has 0 radical (unpaired) electrons. The summed E-state index contributed by atoms with van der Waals surface area (Å²) in [7, 11) is 2.15. The lowest BCUT2D eigenvalue weighted by Crippen LogP contribution is -2.45. The first kappa shape index (κ1) is 21.8. The molecule has 160 valence electrons. The Bertz CT molecular complexity index is 896. The number of rotatable bonds is 5. The van der Waals surface area contributed by atoms with Crippen LogP contribution in [0.2, 0.25) is 0 Å². The molecule has 0 aromatic carbocycles. The zero-order valence-corrected chi connectivity index (χ0v) is 19.1. The monoisotopic (exact) mass is 420 g/mol. The molecule has 2 N–H and O–H groups in total. The molecule has 0 amide bonds. The van der Waals surface area contributed by atoms with Gasteiger partial charge in [0.25, 0.3) is 0 Å². The molecular weight excluding hydrogens is 388 g/mol. The van der Waals surface area contributed by atoms with Crippen LogP contribution in [0, 0.1) is 13.8 Å². The van der Waals surface area contributed by atoms with Crippen molar-refractivity contribution in [3.8, 4) is 5.75 Å². The van der Waals surface area contributed by atoms with Gasteiger partial charge in [0.05, 0.1) is 11.4 Å². The van der Waals surface area contributed by atoms with Gasteiger partial charge in [-0.05, 0) is 41.7 Å². The number of nitrogens with zero attached hydrogens (tertiary/aromatic N) is 3. The molecule has 1 saturated heterocycles. The Balaban J connectivity index is 1.78. The number of nitrogen functional groups attached to an aromatic ring is 1. The van der Waals surface area contributed by atoms with Crippen LogP contribution in [-0.4, -0.2) is 72.7 Å². The molecule has 0 bridgehead atoms. The van der Waals surface area contributed by atoms with Crippen LogP contribution in [0.4, 0.5) is 5.69 Å². The van der Waals surface area contributed by atoms with E-state index in [4.69, 9.17) is 15.2 Å². The van der Waals surface area contributed by atoms with Crippen molar-refractivity contribution >= 4 is 33.2 Å². The second kappa shape index (κ2) is 8.45. The number of aryl methyl sites for hydroxylation is 2. The topological polar surface area (TPSA) is 80.9 Å². The van der Waals surface area contributed by atoms with Gasteiger partial charge in [-0.15, -0.1) is 11.3 Å². The van der Waals surface area contributed by atoms with Crippen LogP contribution in [0.1, 0.15) is 41.7 Å². The van der Waals surface area contributed by atoms with Crippen LogP contribution in [0.5, 0.6) is 5.75 Å². The number of carbonyl (C=O) groups is 1. The number of aromatic nitrogens is 1.